The second kappa shape index (κ2) is 9.64. The molecule has 6 heteroatoms. The lowest BCUT2D eigenvalue weighted by Gasteiger charge is -2.19. The summed E-state index contributed by atoms with van der Waals surface area (Å²) in [5.74, 6) is 0. The van der Waals surface area contributed by atoms with Crippen molar-refractivity contribution in [3.8, 4) is 23.3 Å². The summed E-state index contributed by atoms with van der Waals surface area (Å²) in [5.41, 5.74) is 6.43. The van der Waals surface area contributed by atoms with Crippen LogP contribution in [0, 0.1) is 22.7 Å². The third-order valence-corrected chi connectivity index (χ3v) is 6.43. The van der Waals surface area contributed by atoms with Gasteiger partial charge in [-0.1, -0.05) is 48.5 Å². The highest BCUT2D eigenvalue weighted by molar-refractivity contribution is 7.09. The Morgan fingerprint density at radius 2 is 1.76 bits per heavy atom. The first-order valence-electron chi connectivity index (χ1n) is 10.6. The number of ether oxygens (including phenoxy) is 1. The highest BCUT2D eigenvalue weighted by Gasteiger charge is 2.20. The number of fused-ring (bicyclic) bond motifs is 1. The van der Waals surface area contributed by atoms with Gasteiger partial charge >= 0.3 is 0 Å². The van der Waals surface area contributed by atoms with Crippen molar-refractivity contribution in [1.29, 1.82) is 10.5 Å². The van der Waals surface area contributed by atoms with Crippen LogP contribution in [0.25, 0.3) is 21.9 Å². The minimum Gasteiger partial charge on any atom is -0.362 e. The second-order valence-corrected chi connectivity index (χ2v) is 8.61. The van der Waals surface area contributed by atoms with Crippen LogP contribution >= 0.6 is 11.3 Å². The van der Waals surface area contributed by atoms with E-state index < -0.39 is 0 Å². The fourth-order valence-electron chi connectivity index (χ4n) is 3.95. The van der Waals surface area contributed by atoms with E-state index in [9.17, 15) is 5.26 Å². The third kappa shape index (κ3) is 4.29. The van der Waals surface area contributed by atoms with Crippen molar-refractivity contribution in [2.75, 3.05) is 0 Å². The van der Waals surface area contributed by atoms with Gasteiger partial charge in [-0.25, -0.2) is 0 Å². The van der Waals surface area contributed by atoms with Crippen molar-refractivity contribution in [3.63, 3.8) is 0 Å². The Morgan fingerprint density at radius 3 is 2.53 bits per heavy atom. The predicted molar refractivity (Wildman–Crippen MR) is 132 cm³/mol. The van der Waals surface area contributed by atoms with Gasteiger partial charge in [0.2, 0.25) is 0 Å². The third-order valence-electron chi connectivity index (χ3n) is 5.61. The zero-order valence-electron chi connectivity index (χ0n) is 18.1. The van der Waals surface area contributed by atoms with E-state index in [4.69, 9.17) is 10.00 Å². The Labute approximate surface area is 201 Å². The molecule has 1 atom stereocenters. The van der Waals surface area contributed by atoms with Crippen molar-refractivity contribution >= 4 is 22.1 Å². The first-order chi connectivity index (χ1) is 16.8. The van der Waals surface area contributed by atoms with Crippen LogP contribution in [0.1, 0.15) is 33.4 Å². The van der Waals surface area contributed by atoms with Gasteiger partial charge in [0.05, 0.1) is 39.9 Å². The summed E-state index contributed by atoms with van der Waals surface area (Å²) in [5, 5.41) is 21.1. The van der Waals surface area contributed by atoms with Gasteiger partial charge in [-0.3, -0.25) is 9.97 Å². The summed E-state index contributed by atoms with van der Waals surface area (Å²) in [7, 11) is 0. The van der Waals surface area contributed by atoms with E-state index >= 15 is 0 Å². The van der Waals surface area contributed by atoms with Gasteiger partial charge in [-0.2, -0.15) is 10.5 Å². The zero-order chi connectivity index (χ0) is 23.3. The molecule has 0 saturated heterocycles. The molecule has 162 valence electrons. The van der Waals surface area contributed by atoms with Crippen LogP contribution in [-0.4, -0.2) is 9.97 Å². The zero-order valence-corrected chi connectivity index (χ0v) is 18.9. The molecule has 0 spiro atoms. The molecule has 0 amide bonds. The maximum Gasteiger partial charge on any atom is 0.119 e. The summed E-state index contributed by atoms with van der Waals surface area (Å²) >= 11 is 1.52. The largest absolute Gasteiger partial charge is 0.362 e. The van der Waals surface area contributed by atoms with Crippen molar-refractivity contribution in [3.05, 3.63) is 118 Å². The van der Waals surface area contributed by atoms with E-state index in [-0.39, 0.29) is 12.7 Å². The average molecular weight is 459 g/mol. The molecule has 2 aromatic heterocycles. The highest BCUT2D eigenvalue weighted by atomic mass is 32.1. The molecule has 0 aliphatic rings. The maximum absolute atomic E-state index is 9.84. The van der Waals surface area contributed by atoms with E-state index in [0.717, 1.165) is 38.0 Å². The molecule has 0 saturated carbocycles. The van der Waals surface area contributed by atoms with Crippen molar-refractivity contribution in [1.82, 2.24) is 9.97 Å². The molecule has 5 aromatic rings. The van der Waals surface area contributed by atoms with Crippen molar-refractivity contribution in [2.45, 2.75) is 12.7 Å². The predicted octanol–water partition coefficient (Wildman–Crippen LogP) is 6.41. The monoisotopic (exact) mass is 458 g/mol. The molecule has 0 bridgehead atoms. The van der Waals surface area contributed by atoms with Gasteiger partial charge in [-0.05, 0) is 46.2 Å². The quantitative estimate of drug-likeness (QED) is 0.294. The molecule has 5 nitrogen and oxygen atoms in total. The van der Waals surface area contributed by atoms with E-state index in [1.54, 1.807) is 30.0 Å². The Hall–Kier alpha value is -4.36. The van der Waals surface area contributed by atoms with Gasteiger partial charge in [-0.15, -0.1) is 11.3 Å². The highest BCUT2D eigenvalue weighted by Crippen LogP contribution is 2.36. The van der Waals surface area contributed by atoms with Crippen LogP contribution in [0.5, 0.6) is 0 Å². The maximum atomic E-state index is 9.84. The smallest absolute Gasteiger partial charge is 0.119 e. The van der Waals surface area contributed by atoms with Crippen molar-refractivity contribution in [2.24, 2.45) is 0 Å². The van der Waals surface area contributed by atoms with Gasteiger partial charge < -0.3 is 4.74 Å². The minimum atomic E-state index is -0.369. The summed E-state index contributed by atoms with van der Waals surface area (Å²) in [6, 6.07) is 28.1. The van der Waals surface area contributed by atoms with Crippen LogP contribution in [0.2, 0.25) is 0 Å². The standard InChI is InChI=1S/C28H18N4OS/c29-13-19-8-11-23(32-15-19)17-33-28(27-16-31-18-34-27)21-9-10-22(14-30)26(12-21)25-7-3-5-20-4-1-2-6-24(20)25/h1-12,15-16,18,28H,17H2. The lowest BCUT2D eigenvalue weighted by molar-refractivity contribution is 0.0667. The fourth-order valence-corrected chi connectivity index (χ4v) is 4.64. The number of nitriles is 2. The topological polar surface area (TPSA) is 82.6 Å². The Balaban J connectivity index is 1.55. The number of pyridine rings is 1. The van der Waals surface area contributed by atoms with Gasteiger partial charge in [0, 0.05) is 18.0 Å². The summed E-state index contributed by atoms with van der Waals surface area (Å²) in [6.45, 7) is 0.276. The molecule has 0 aliphatic heterocycles. The van der Waals surface area contributed by atoms with Crippen LogP contribution in [0.15, 0.2) is 90.7 Å². The molecule has 34 heavy (non-hydrogen) atoms. The van der Waals surface area contributed by atoms with Gasteiger partial charge in [0.1, 0.15) is 12.2 Å². The molecular weight excluding hydrogens is 440 g/mol. The van der Waals surface area contributed by atoms with E-state index in [0.29, 0.717) is 11.1 Å². The van der Waals surface area contributed by atoms with E-state index in [1.165, 1.54) is 11.3 Å². The molecular formula is C28H18N4OS. The number of benzene rings is 3. The summed E-state index contributed by atoms with van der Waals surface area (Å²) < 4.78 is 6.33. The number of thiazole rings is 1. The SMILES string of the molecule is N#Cc1ccc(COC(c2ccc(C#N)c(-c3cccc4ccccc34)c2)c2cncs2)nc1. The van der Waals surface area contributed by atoms with Crippen LogP contribution in [0.4, 0.5) is 0 Å². The normalized spacial score (nSPS) is 11.6. The lowest BCUT2D eigenvalue weighted by Crippen LogP contribution is -2.07. The molecule has 2 heterocycles. The van der Waals surface area contributed by atoms with Crippen LogP contribution in [0.3, 0.4) is 0 Å². The molecule has 0 radical (unpaired) electrons. The molecule has 1 unspecified atom stereocenters. The molecule has 0 fully saturated rings. The lowest BCUT2D eigenvalue weighted by atomic mass is 9.92. The van der Waals surface area contributed by atoms with E-state index in [1.807, 2.05) is 42.5 Å². The number of hydrogen-bond acceptors (Lipinski definition) is 6. The minimum absolute atomic E-state index is 0.276. The second-order valence-electron chi connectivity index (χ2n) is 7.69. The summed E-state index contributed by atoms with van der Waals surface area (Å²) in [4.78, 5) is 9.52. The first kappa shape index (κ1) is 21.5. The average Bonchev–Trinajstić information content (AvgIpc) is 3.43. The molecule has 3 aromatic carbocycles. The van der Waals surface area contributed by atoms with Gasteiger partial charge in [0.15, 0.2) is 0 Å². The van der Waals surface area contributed by atoms with Crippen molar-refractivity contribution < 1.29 is 4.74 Å². The fraction of sp³-hybridized carbons (Fsp3) is 0.0714. The number of hydrogen-bond donors (Lipinski definition) is 0. The van der Waals surface area contributed by atoms with Gasteiger partial charge in [0.25, 0.3) is 0 Å². The molecule has 0 aliphatic carbocycles. The summed E-state index contributed by atoms with van der Waals surface area (Å²) in [6.07, 6.45) is 2.98. The number of rotatable bonds is 6. The Kier molecular flexibility index (Phi) is 6.09. The van der Waals surface area contributed by atoms with Crippen LogP contribution < -0.4 is 0 Å². The molecule has 0 N–H and O–H groups in total. The first-order valence-corrected chi connectivity index (χ1v) is 11.5. The van der Waals surface area contributed by atoms with Crippen LogP contribution in [-0.2, 0) is 11.3 Å². The Bertz CT molecular complexity index is 1520. The Morgan fingerprint density at radius 1 is 0.882 bits per heavy atom. The van der Waals surface area contributed by atoms with E-state index in [2.05, 4.69) is 40.3 Å². The number of aromatic nitrogens is 2. The number of nitrogens with zero attached hydrogens (tertiary/aromatic N) is 4. The molecule has 5 rings (SSSR count).